The van der Waals surface area contributed by atoms with Crippen molar-refractivity contribution in [3.8, 4) is 0 Å². The zero-order chi connectivity index (χ0) is 11.3. The average Bonchev–Trinajstić information content (AvgIpc) is 2.62. The number of esters is 1. The minimum absolute atomic E-state index is 0.0224. The lowest BCUT2D eigenvalue weighted by molar-refractivity contribution is -0.141. The van der Waals surface area contributed by atoms with E-state index < -0.39 is 11.9 Å². The molecule has 0 unspecified atom stereocenters. The van der Waals surface area contributed by atoms with Gasteiger partial charge in [-0.2, -0.15) is 0 Å². The van der Waals surface area contributed by atoms with E-state index in [1.54, 1.807) is 0 Å². The van der Waals surface area contributed by atoms with Gasteiger partial charge in [0.2, 0.25) is 0 Å². The summed E-state index contributed by atoms with van der Waals surface area (Å²) in [4.78, 5) is 21.3. The number of ether oxygens (including phenoxy) is 1. The number of thioether (sulfide) groups is 1. The quantitative estimate of drug-likeness (QED) is 0.545. The summed E-state index contributed by atoms with van der Waals surface area (Å²) in [7, 11) is 1.27. The number of carboxylic acids is 1. The van der Waals surface area contributed by atoms with Crippen molar-refractivity contribution in [3.05, 3.63) is 6.33 Å². The summed E-state index contributed by atoms with van der Waals surface area (Å²) in [6.45, 7) is -0.0224. The lowest BCUT2D eigenvalue weighted by atomic mass is 10.6. The smallest absolute Gasteiger partial charge is 0.325 e. The highest BCUT2D eigenvalue weighted by molar-refractivity contribution is 7.99. The Hall–Kier alpha value is -1.57. The van der Waals surface area contributed by atoms with Crippen LogP contribution < -0.4 is 0 Å². The van der Waals surface area contributed by atoms with Crippen molar-refractivity contribution >= 4 is 23.7 Å². The Kier molecular flexibility index (Phi) is 4.10. The van der Waals surface area contributed by atoms with Gasteiger partial charge in [-0.3, -0.25) is 14.2 Å². The van der Waals surface area contributed by atoms with Crippen LogP contribution in [0.1, 0.15) is 0 Å². The molecule has 1 aromatic rings. The number of nitrogens with zero attached hydrogens (tertiary/aromatic N) is 3. The van der Waals surface area contributed by atoms with Crippen LogP contribution in [0.4, 0.5) is 0 Å². The van der Waals surface area contributed by atoms with E-state index in [0.717, 1.165) is 11.8 Å². The number of aliphatic carboxylic acids is 1. The van der Waals surface area contributed by atoms with E-state index in [4.69, 9.17) is 5.11 Å². The van der Waals surface area contributed by atoms with Gasteiger partial charge < -0.3 is 9.84 Å². The minimum Gasteiger partial charge on any atom is -0.481 e. The van der Waals surface area contributed by atoms with Crippen molar-refractivity contribution in [2.24, 2.45) is 0 Å². The molecule has 8 heteroatoms. The molecule has 0 atom stereocenters. The van der Waals surface area contributed by atoms with Gasteiger partial charge in [-0.05, 0) is 0 Å². The second-order valence-corrected chi connectivity index (χ2v) is 3.44. The zero-order valence-electron chi connectivity index (χ0n) is 7.91. The van der Waals surface area contributed by atoms with Gasteiger partial charge in [-0.15, -0.1) is 10.2 Å². The van der Waals surface area contributed by atoms with Crippen LogP contribution in [0, 0.1) is 0 Å². The van der Waals surface area contributed by atoms with Gasteiger partial charge in [0.1, 0.15) is 12.9 Å². The van der Waals surface area contributed by atoms with Crippen LogP contribution in [0.3, 0.4) is 0 Å². The topological polar surface area (TPSA) is 94.3 Å². The summed E-state index contributed by atoms with van der Waals surface area (Å²) >= 11 is 0.996. The number of methoxy groups -OCH3 is 1. The monoisotopic (exact) mass is 231 g/mol. The first-order valence-corrected chi connectivity index (χ1v) is 4.91. The molecule has 0 saturated heterocycles. The zero-order valence-corrected chi connectivity index (χ0v) is 8.73. The molecule has 0 spiro atoms. The molecule has 0 aliphatic carbocycles. The molecular formula is C7H9N3O4S. The number of rotatable bonds is 5. The van der Waals surface area contributed by atoms with Gasteiger partial charge in [0, 0.05) is 0 Å². The van der Waals surface area contributed by atoms with Gasteiger partial charge in [-0.1, -0.05) is 11.8 Å². The Balaban J connectivity index is 2.60. The molecule has 7 nitrogen and oxygen atoms in total. The lowest BCUT2D eigenvalue weighted by Crippen LogP contribution is -2.12. The summed E-state index contributed by atoms with van der Waals surface area (Å²) < 4.78 is 5.89. The van der Waals surface area contributed by atoms with Crippen molar-refractivity contribution in [1.29, 1.82) is 0 Å². The second kappa shape index (κ2) is 5.35. The number of carbonyl (C=O) groups excluding carboxylic acids is 1. The van der Waals surface area contributed by atoms with Crippen molar-refractivity contribution < 1.29 is 19.4 Å². The third-order valence-electron chi connectivity index (χ3n) is 1.43. The van der Waals surface area contributed by atoms with E-state index in [-0.39, 0.29) is 12.3 Å². The Morgan fingerprint density at radius 3 is 3.00 bits per heavy atom. The van der Waals surface area contributed by atoms with E-state index in [2.05, 4.69) is 14.9 Å². The molecule has 1 heterocycles. The average molecular weight is 231 g/mol. The van der Waals surface area contributed by atoms with E-state index in [9.17, 15) is 9.59 Å². The van der Waals surface area contributed by atoms with Crippen LogP contribution in [-0.2, 0) is 20.9 Å². The molecule has 0 amide bonds. The first kappa shape index (κ1) is 11.5. The molecule has 1 rings (SSSR count). The molecule has 0 aliphatic heterocycles. The minimum atomic E-state index is -0.951. The first-order valence-electron chi connectivity index (χ1n) is 3.92. The van der Waals surface area contributed by atoms with Gasteiger partial charge in [0.05, 0.1) is 12.9 Å². The van der Waals surface area contributed by atoms with Crippen molar-refractivity contribution in [3.63, 3.8) is 0 Å². The molecule has 0 fully saturated rings. The molecule has 0 aromatic carbocycles. The fraction of sp³-hybridized carbons (Fsp3) is 0.429. The molecule has 1 aromatic heterocycles. The molecule has 0 saturated carbocycles. The fourth-order valence-electron chi connectivity index (χ4n) is 0.795. The Labute approximate surface area is 89.4 Å². The molecule has 15 heavy (non-hydrogen) atoms. The summed E-state index contributed by atoms with van der Waals surface area (Å²) in [5.74, 6) is -1.51. The number of hydrogen-bond acceptors (Lipinski definition) is 6. The maximum Gasteiger partial charge on any atom is 0.325 e. The van der Waals surface area contributed by atoms with Gasteiger partial charge in [-0.25, -0.2) is 0 Å². The third kappa shape index (κ3) is 3.58. The maximum absolute atomic E-state index is 10.9. The number of hydrogen-bond donors (Lipinski definition) is 1. The van der Waals surface area contributed by atoms with Gasteiger partial charge >= 0.3 is 11.9 Å². The fourth-order valence-corrected chi connectivity index (χ4v) is 1.43. The van der Waals surface area contributed by atoms with E-state index in [1.165, 1.54) is 18.0 Å². The van der Waals surface area contributed by atoms with E-state index in [0.29, 0.717) is 5.16 Å². The lowest BCUT2D eigenvalue weighted by Gasteiger charge is -2.02. The van der Waals surface area contributed by atoms with Crippen LogP contribution in [0.5, 0.6) is 0 Å². The van der Waals surface area contributed by atoms with E-state index >= 15 is 0 Å². The molecule has 82 valence electrons. The normalized spacial score (nSPS) is 9.93. The molecular weight excluding hydrogens is 222 g/mol. The van der Waals surface area contributed by atoms with Crippen molar-refractivity contribution in [1.82, 2.24) is 14.8 Å². The van der Waals surface area contributed by atoms with Gasteiger partial charge in [0.25, 0.3) is 0 Å². The van der Waals surface area contributed by atoms with Crippen LogP contribution >= 0.6 is 11.8 Å². The highest BCUT2D eigenvalue weighted by Gasteiger charge is 2.10. The largest absolute Gasteiger partial charge is 0.481 e. The molecule has 1 N–H and O–H groups in total. The highest BCUT2D eigenvalue weighted by atomic mass is 32.2. The first-order chi connectivity index (χ1) is 7.13. The van der Waals surface area contributed by atoms with Gasteiger partial charge in [0.15, 0.2) is 5.16 Å². The summed E-state index contributed by atoms with van der Waals surface area (Å²) in [5.41, 5.74) is 0. The number of carbonyl (C=O) groups is 2. The van der Waals surface area contributed by atoms with Crippen LogP contribution in [0.25, 0.3) is 0 Å². The standard InChI is InChI=1S/C7H9N3O4S/c1-14-6(13)2-10-4-8-9-7(10)15-3-5(11)12/h4H,2-3H2,1H3,(H,11,12). The van der Waals surface area contributed by atoms with Crippen LogP contribution in [-0.4, -0.2) is 44.7 Å². The van der Waals surface area contributed by atoms with E-state index in [1.807, 2.05) is 0 Å². The molecule has 0 radical (unpaired) electrons. The Bertz CT molecular complexity index is 365. The van der Waals surface area contributed by atoms with Crippen molar-refractivity contribution in [2.45, 2.75) is 11.7 Å². The maximum atomic E-state index is 10.9. The summed E-state index contributed by atoms with van der Waals surface area (Å²) in [6.07, 6.45) is 1.35. The summed E-state index contributed by atoms with van der Waals surface area (Å²) in [5, 5.41) is 16.1. The Morgan fingerprint density at radius 2 is 2.40 bits per heavy atom. The van der Waals surface area contributed by atoms with Crippen LogP contribution in [0.2, 0.25) is 0 Å². The molecule has 0 aliphatic rings. The number of aromatic nitrogens is 3. The molecule has 0 bridgehead atoms. The second-order valence-electron chi connectivity index (χ2n) is 2.50. The van der Waals surface area contributed by atoms with Crippen molar-refractivity contribution in [2.75, 3.05) is 12.9 Å². The SMILES string of the molecule is COC(=O)Cn1cnnc1SCC(=O)O. The number of carboxylic acid groups (broad SMARTS) is 1. The summed E-state index contributed by atoms with van der Waals surface area (Å²) in [6, 6.07) is 0. The van der Waals surface area contributed by atoms with Crippen LogP contribution in [0.15, 0.2) is 11.5 Å². The predicted molar refractivity (Wildman–Crippen MR) is 50.4 cm³/mol. The predicted octanol–water partition coefficient (Wildman–Crippen LogP) is -0.372. The third-order valence-corrected chi connectivity index (χ3v) is 2.40. The highest BCUT2D eigenvalue weighted by Crippen LogP contribution is 2.13. The Morgan fingerprint density at radius 1 is 1.67 bits per heavy atom.